The van der Waals surface area contributed by atoms with E-state index in [1.54, 1.807) is 0 Å². The molecule has 0 spiro atoms. The molecule has 2 heterocycles. The van der Waals surface area contributed by atoms with E-state index in [9.17, 15) is 17.6 Å². The Morgan fingerprint density at radius 3 is 2.50 bits per heavy atom. The van der Waals surface area contributed by atoms with Gasteiger partial charge in [0.05, 0.1) is 4.90 Å². The van der Waals surface area contributed by atoms with Crippen LogP contribution in [0.15, 0.2) is 29.2 Å². The molecule has 8 heteroatoms. The summed E-state index contributed by atoms with van der Waals surface area (Å²) in [4.78, 5) is 12.5. The van der Waals surface area contributed by atoms with Crippen LogP contribution in [0.4, 0.5) is 4.39 Å². The first-order chi connectivity index (χ1) is 11.5. The molecule has 0 radical (unpaired) electrons. The van der Waals surface area contributed by atoms with E-state index < -0.39 is 21.9 Å². The standard InChI is InChI=1S/C16H21FN2O4S/c17-12-3-5-14(6-4-12)24(21,22)19-9-1-2-15(19)16(20)18-13-7-10-23-11-8-13/h3-6,13,15H,1-2,7-11H2,(H,18,20)/t15-/m1/s1. The molecule has 2 fully saturated rings. The molecule has 2 aliphatic heterocycles. The summed E-state index contributed by atoms with van der Waals surface area (Å²) in [6.07, 6.45) is 2.61. The lowest BCUT2D eigenvalue weighted by Crippen LogP contribution is -2.49. The van der Waals surface area contributed by atoms with Gasteiger partial charge in [0.2, 0.25) is 15.9 Å². The lowest BCUT2D eigenvalue weighted by Gasteiger charge is -2.28. The van der Waals surface area contributed by atoms with Crippen molar-refractivity contribution in [3.8, 4) is 0 Å². The third-order valence-electron chi connectivity index (χ3n) is 4.49. The van der Waals surface area contributed by atoms with Crippen molar-refractivity contribution >= 4 is 15.9 Å². The summed E-state index contributed by atoms with van der Waals surface area (Å²) in [7, 11) is -3.81. The number of halogens is 1. The Kier molecular flexibility index (Phi) is 5.17. The van der Waals surface area contributed by atoms with E-state index >= 15 is 0 Å². The molecular weight excluding hydrogens is 335 g/mol. The maximum atomic E-state index is 13.0. The van der Waals surface area contributed by atoms with E-state index in [4.69, 9.17) is 4.74 Å². The first kappa shape index (κ1) is 17.3. The van der Waals surface area contributed by atoms with Crippen LogP contribution in [-0.4, -0.2) is 50.5 Å². The van der Waals surface area contributed by atoms with Gasteiger partial charge in [-0.2, -0.15) is 4.31 Å². The minimum absolute atomic E-state index is 0.00895. The van der Waals surface area contributed by atoms with Gasteiger partial charge in [-0.25, -0.2) is 12.8 Å². The quantitative estimate of drug-likeness (QED) is 0.882. The summed E-state index contributed by atoms with van der Waals surface area (Å²) in [6, 6.07) is 4.01. The smallest absolute Gasteiger partial charge is 0.243 e. The van der Waals surface area contributed by atoms with Crippen LogP contribution < -0.4 is 5.32 Å². The molecule has 2 saturated heterocycles. The first-order valence-electron chi connectivity index (χ1n) is 8.14. The minimum Gasteiger partial charge on any atom is -0.381 e. The molecule has 3 rings (SSSR count). The van der Waals surface area contributed by atoms with Gasteiger partial charge in [-0.05, 0) is 49.9 Å². The van der Waals surface area contributed by atoms with Crippen LogP contribution in [0, 0.1) is 5.82 Å². The Hall–Kier alpha value is -1.51. The normalized spacial score (nSPS) is 23.3. The Bertz CT molecular complexity index is 687. The zero-order chi connectivity index (χ0) is 17.2. The number of nitrogens with zero attached hydrogens (tertiary/aromatic N) is 1. The van der Waals surface area contributed by atoms with E-state index in [2.05, 4.69) is 5.32 Å². The second kappa shape index (κ2) is 7.16. The molecule has 1 N–H and O–H groups in total. The molecule has 6 nitrogen and oxygen atoms in total. The average Bonchev–Trinajstić information content (AvgIpc) is 3.07. The highest BCUT2D eigenvalue weighted by atomic mass is 32.2. The highest BCUT2D eigenvalue weighted by Gasteiger charge is 2.40. The van der Waals surface area contributed by atoms with Gasteiger partial charge >= 0.3 is 0 Å². The number of hydrogen-bond donors (Lipinski definition) is 1. The molecule has 0 saturated carbocycles. The van der Waals surface area contributed by atoms with Crippen LogP contribution in [0.25, 0.3) is 0 Å². The fourth-order valence-corrected chi connectivity index (χ4v) is 4.83. The van der Waals surface area contributed by atoms with E-state index in [0.29, 0.717) is 32.6 Å². The fourth-order valence-electron chi connectivity index (χ4n) is 3.17. The summed E-state index contributed by atoms with van der Waals surface area (Å²) in [5.74, 6) is -0.755. The number of carbonyl (C=O) groups is 1. The third-order valence-corrected chi connectivity index (χ3v) is 6.42. The van der Waals surface area contributed by atoms with Gasteiger partial charge in [-0.15, -0.1) is 0 Å². The van der Waals surface area contributed by atoms with Crippen LogP contribution in [0.3, 0.4) is 0 Å². The lowest BCUT2D eigenvalue weighted by molar-refractivity contribution is -0.125. The maximum Gasteiger partial charge on any atom is 0.243 e. The molecule has 1 aromatic rings. The minimum atomic E-state index is -3.81. The van der Waals surface area contributed by atoms with Crippen LogP contribution in [0.1, 0.15) is 25.7 Å². The van der Waals surface area contributed by atoms with Crippen LogP contribution in [0.5, 0.6) is 0 Å². The monoisotopic (exact) mass is 356 g/mol. The van der Waals surface area contributed by atoms with E-state index in [1.165, 1.54) is 16.4 Å². The molecule has 0 bridgehead atoms. The molecule has 1 atom stereocenters. The van der Waals surface area contributed by atoms with Gasteiger partial charge in [0.15, 0.2) is 0 Å². The van der Waals surface area contributed by atoms with E-state index in [-0.39, 0.29) is 16.8 Å². The maximum absolute atomic E-state index is 13.0. The zero-order valence-corrected chi connectivity index (χ0v) is 14.1. The summed E-state index contributed by atoms with van der Waals surface area (Å²) in [5.41, 5.74) is 0. The van der Waals surface area contributed by atoms with Crippen molar-refractivity contribution in [3.63, 3.8) is 0 Å². The molecule has 0 unspecified atom stereocenters. The summed E-state index contributed by atoms with van der Waals surface area (Å²) in [5, 5.41) is 2.94. The fraction of sp³-hybridized carbons (Fsp3) is 0.562. The van der Waals surface area contributed by atoms with Gasteiger partial charge in [0, 0.05) is 25.8 Å². The van der Waals surface area contributed by atoms with Crippen molar-refractivity contribution in [2.45, 2.75) is 42.7 Å². The van der Waals surface area contributed by atoms with Crippen molar-refractivity contribution < 1.29 is 22.3 Å². The Morgan fingerprint density at radius 1 is 1.17 bits per heavy atom. The van der Waals surface area contributed by atoms with Gasteiger partial charge in [-0.1, -0.05) is 0 Å². The number of rotatable bonds is 4. The van der Waals surface area contributed by atoms with Gasteiger partial charge in [-0.3, -0.25) is 4.79 Å². The predicted octanol–water partition coefficient (Wildman–Crippen LogP) is 1.27. The van der Waals surface area contributed by atoms with Crippen molar-refractivity contribution in [1.29, 1.82) is 0 Å². The molecular formula is C16H21FN2O4S. The Morgan fingerprint density at radius 2 is 1.83 bits per heavy atom. The number of benzene rings is 1. The summed E-state index contributed by atoms with van der Waals surface area (Å²) < 4.78 is 45.0. The third kappa shape index (κ3) is 3.60. The topological polar surface area (TPSA) is 75.7 Å². The van der Waals surface area contributed by atoms with Crippen LogP contribution in [0.2, 0.25) is 0 Å². The van der Waals surface area contributed by atoms with Crippen LogP contribution >= 0.6 is 0 Å². The zero-order valence-electron chi connectivity index (χ0n) is 13.3. The highest BCUT2D eigenvalue weighted by Crippen LogP contribution is 2.26. The number of sulfonamides is 1. The number of amides is 1. The van der Waals surface area contributed by atoms with Crippen molar-refractivity contribution in [2.24, 2.45) is 0 Å². The highest BCUT2D eigenvalue weighted by molar-refractivity contribution is 7.89. The van der Waals surface area contributed by atoms with Crippen molar-refractivity contribution in [2.75, 3.05) is 19.8 Å². The average molecular weight is 356 g/mol. The molecule has 2 aliphatic rings. The van der Waals surface area contributed by atoms with E-state index in [1.807, 2.05) is 0 Å². The van der Waals surface area contributed by atoms with Crippen molar-refractivity contribution in [1.82, 2.24) is 9.62 Å². The summed E-state index contributed by atoms with van der Waals surface area (Å²) >= 11 is 0. The number of carbonyl (C=O) groups excluding carboxylic acids is 1. The lowest BCUT2D eigenvalue weighted by atomic mass is 10.1. The van der Waals surface area contributed by atoms with Gasteiger partial charge in [0.25, 0.3) is 0 Å². The molecule has 1 amide bonds. The number of ether oxygens (including phenoxy) is 1. The molecule has 24 heavy (non-hydrogen) atoms. The molecule has 0 aromatic heterocycles. The van der Waals surface area contributed by atoms with Crippen LogP contribution in [-0.2, 0) is 19.6 Å². The number of nitrogens with one attached hydrogen (secondary N) is 1. The number of hydrogen-bond acceptors (Lipinski definition) is 4. The molecule has 1 aromatic carbocycles. The first-order valence-corrected chi connectivity index (χ1v) is 9.58. The van der Waals surface area contributed by atoms with Gasteiger partial charge < -0.3 is 10.1 Å². The van der Waals surface area contributed by atoms with E-state index in [0.717, 1.165) is 25.0 Å². The SMILES string of the molecule is O=C(NC1CCOCC1)[C@H]1CCCN1S(=O)(=O)c1ccc(F)cc1. The Balaban J connectivity index is 1.74. The Labute approximate surface area is 141 Å². The second-order valence-electron chi connectivity index (χ2n) is 6.12. The predicted molar refractivity (Wildman–Crippen MR) is 85.3 cm³/mol. The molecule has 0 aliphatic carbocycles. The van der Waals surface area contributed by atoms with Gasteiger partial charge in [0.1, 0.15) is 11.9 Å². The van der Waals surface area contributed by atoms with Crippen molar-refractivity contribution in [3.05, 3.63) is 30.1 Å². The largest absolute Gasteiger partial charge is 0.381 e. The summed E-state index contributed by atoms with van der Waals surface area (Å²) in [6.45, 7) is 1.51. The second-order valence-corrected chi connectivity index (χ2v) is 8.01. The molecule has 132 valence electrons.